The first-order valence-corrected chi connectivity index (χ1v) is 10.9. The largest absolute Gasteiger partial charge is 0.499 e. The number of benzene rings is 2. The number of hydrogen-bond acceptors (Lipinski definition) is 5. The molecule has 2 aromatic rings. The number of nitrogens with zero attached hydrogens (tertiary/aromatic N) is 1. The lowest BCUT2D eigenvalue weighted by Crippen LogP contribution is -2.55. The van der Waals surface area contributed by atoms with Gasteiger partial charge in [-0.15, -0.1) is 0 Å². The van der Waals surface area contributed by atoms with Crippen LogP contribution in [0.3, 0.4) is 0 Å². The maximum atomic E-state index is 13.1. The quantitative estimate of drug-likeness (QED) is 0.441. The first kappa shape index (κ1) is 27.1. The molecular weight excluding hydrogens is 483 g/mol. The molecule has 0 bridgehead atoms. The van der Waals surface area contributed by atoms with Gasteiger partial charge in [-0.05, 0) is 63.4 Å². The van der Waals surface area contributed by atoms with E-state index in [1.807, 2.05) is 0 Å². The fraction of sp³-hybridized carbons (Fsp3) is 0.318. The third-order valence-electron chi connectivity index (χ3n) is 4.31. The van der Waals surface area contributed by atoms with Crippen LogP contribution in [-0.4, -0.2) is 46.0 Å². The lowest BCUT2D eigenvalue weighted by molar-refractivity contribution is -0.360. The van der Waals surface area contributed by atoms with Gasteiger partial charge in [0, 0.05) is 16.7 Å². The molecule has 0 aromatic heterocycles. The second-order valence-electron chi connectivity index (χ2n) is 7.97. The predicted octanol–water partition coefficient (Wildman–Crippen LogP) is 5.31. The molecule has 184 valence electrons. The van der Waals surface area contributed by atoms with Gasteiger partial charge < -0.3 is 4.74 Å². The number of carbonyl (C=O) groups excluding carboxylic acids is 3. The fourth-order valence-corrected chi connectivity index (χ4v) is 2.96. The average Bonchev–Trinajstić information content (AvgIpc) is 2.75. The summed E-state index contributed by atoms with van der Waals surface area (Å²) in [5.74, 6) is -2.25. The van der Waals surface area contributed by atoms with Crippen LogP contribution in [0, 0.1) is 0 Å². The van der Waals surface area contributed by atoms with Gasteiger partial charge in [0.1, 0.15) is 5.75 Å². The van der Waals surface area contributed by atoms with E-state index in [2.05, 4.69) is 10.2 Å². The van der Waals surface area contributed by atoms with Gasteiger partial charge in [-0.25, -0.2) is 5.01 Å². The lowest BCUT2D eigenvalue weighted by Gasteiger charge is -2.35. The number of alkyl halides is 5. The van der Waals surface area contributed by atoms with Crippen molar-refractivity contribution in [2.24, 2.45) is 0 Å². The molecular formula is C22H21F5N2O4S. The molecule has 0 spiro atoms. The number of amides is 2. The van der Waals surface area contributed by atoms with Gasteiger partial charge in [0.05, 0.1) is 5.54 Å². The molecule has 12 heteroatoms. The minimum atomic E-state index is -5.91. The molecule has 2 aromatic carbocycles. The van der Waals surface area contributed by atoms with E-state index in [1.54, 1.807) is 27.0 Å². The Kier molecular flexibility index (Phi) is 7.97. The third kappa shape index (κ3) is 6.46. The van der Waals surface area contributed by atoms with Gasteiger partial charge >= 0.3 is 12.3 Å². The second-order valence-corrected chi connectivity index (χ2v) is 8.74. The highest BCUT2D eigenvalue weighted by Gasteiger charge is 2.61. The number of nitrogens with one attached hydrogen (secondary N) is 1. The Bertz CT molecular complexity index is 1070. The summed E-state index contributed by atoms with van der Waals surface area (Å²) in [6.45, 7) is 4.83. The highest BCUT2D eigenvalue weighted by Crippen LogP contribution is 2.37. The predicted molar refractivity (Wildman–Crippen MR) is 116 cm³/mol. The molecule has 0 aliphatic carbocycles. The molecule has 2 amide bonds. The zero-order valence-electron chi connectivity index (χ0n) is 18.5. The van der Waals surface area contributed by atoms with E-state index in [1.165, 1.54) is 24.3 Å². The molecule has 0 unspecified atom stereocenters. The van der Waals surface area contributed by atoms with Crippen LogP contribution < -0.4 is 10.2 Å². The summed E-state index contributed by atoms with van der Waals surface area (Å²) in [6.07, 6.45) is -9.72. The van der Waals surface area contributed by atoms with Crippen LogP contribution in [0.1, 0.15) is 51.8 Å². The van der Waals surface area contributed by atoms with E-state index < -0.39 is 35.4 Å². The third-order valence-corrected chi connectivity index (χ3v) is 4.92. The molecule has 0 aliphatic heterocycles. The topological polar surface area (TPSA) is 75.7 Å². The summed E-state index contributed by atoms with van der Waals surface area (Å²) in [6, 6.07) is 9.42. The van der Waals surface area contributed by atoms with Gasteiger partial charge in [0.15, 0.2) is 0 Å². The minimum absolute atomic E-state index is 0.107. The molecule has 2 rings (SSSR count). The lowest BCUT2D eigenvalue weighted by atomic mass is 10.1. The van der Waals surface area contributed by atoms with E-state index in [0.29, 0.717) is 5.56 Å². The summed E-state index contributed by atoms with van der Waals surface area (Å²) < 4.78 is 66.8. The Labute approximate surface area is 196 Å². The maximum Gasteiger partial charge on any atom is 0.499 e. The van der Waals surface area contributed by atoms with Crippen molar-refractivity contribution in [3.8, 4) is 5.75 Å². The molecule has 0 heterocycles. The number of halogens is 5. The standard InChI is InChI=1S/C22H21F5N2O4S/c1-20(2,3)29(28-17(30)14-6-5-7-15(12-14)19(32)34-4)18(31)13-8-10-16(11-9-13)33-22(26,27)21(23,24)25/h5-12H,1-4H3,(H,28,30). The molecule has 0 atom stereocenters. The molecule has 6 nitrogen and oxygen atoms in total. The summed E-state index contributed by atoms with van der Waals surface area (Å²) in [5.41, 5.74) is 1.79. The highest BCUT2D eigenvalue weighted by atomic mass is 32.2. The van der Waals surface area contributed by atoms with Crippen LogP contribution in [-0.2, 0) is 0 Å². The number of rotatable bonds is 5. The molecule has 0 saturated carbocycles. The Morgan fingerprint density at radius 1 is 0.882 bits per heavy atom. The maximum absolute atomic E-state index is 13.1. The van der Waals surface area contributed by atoms with Crippen molar-refractivity contribution < 1.29 is 41.1 Å². The zero-order valence-corrected chi connectivity index (χ0v) is 19.3. The van der Waals surface area contributed by atoms with Crippen LogP contribution >= 0.6 is 11.8 Å². The Balaban J connectivity index is 2.25. The second kappa shape index (κ2) is 10.00. The summed E-state index contributed by atoms with van der Waals surface area (Å²) in [5, 5.41) is 0.732. The minimum Gasteiger partial charge on any atom is -0.426 e. The van der Waals surface area contributed by atoms with Crippen molar-refractivity contribution in [1.82, 2.24) is 10.4 Å². The number of hydrazine groups is 1. The van der Waals surface area contributed by atoms with Gasteiger partial charge in [-0.1, -0.05) is 23.9 Å². The molecule has 0 fully saturated rings. The van der Waals surface area contributed by atoms with E-state index >= 15 is 0 Å². The normalized spacial score (nSPS) is 12.1. The van der Waals surface area contributed by atoms with Crippen LogP contribution in [0.2, 0.25) is 0 Å². The first-order valence-electron chi connectivity index (χ1n) is 9.64. The monoisotopic (exact) mass is 504 g/mol. The van der Waals surface area contributed by atoms with E-state index in [0.717, 1.165) is 41.0 Å². The molecule has 1 N–H and O–H groups in total. The summed E-state index contributed by atoms with van der Waals surface area (Å²) in [7, 11) is 0. The molecule has 34 heavy (non-hydrogen) atoms. The number of hydrogen-bond donors (Lipinski definition) is 1. The van der Waals surface area contributed by atoms with Crippen molar-refractivity contribution >= 4 is 28.7 Å². The van der Waals surface area contributed by atoms with Gasteiger partial charge in [-0.3, -0.25) is 19.8 Å². The van der Waals surface area contributed by atoms with E-state index in [4.69, 9.17) is 0 Å². The van der Waals surface area contributed by atoms with Gasteiger partial charge in [0.25, 0.3) is 11.8 Å². The Morgan fingerprint density at radius 3 is 1.94 bits per heavy atom. The molecule has 0 radical (unpaired) electrons. The van der Waals surface area contributed by atoms with Crippen LogP contribution in [0.5, 0.6) is 5.75 Å². The van der Waals surface area contributed by atoms with E-state index in [-0.39, 0.29) is 16.2 Å². The van der Waals surface area contributed by atoms with E-state index in [9.17, 15) is 36.3 Å². The Morgan fingerprint density at radius 2 is 1.44 bits per heavy atom. The van der Waals surface area contributed by atoms with Gasteiger partial charge in [-0.2, -0.15) is 22.0 Å². The smallest absolute Gasteiger partial charge is 0.426 e. The van der Waals surface area contributed by atoms with Crippen LogP contribution in [0.25, 0.3) is 0 Å². The van der Waals surface area contributed by atoms with Crippen molar-refractivity contribution in [2.75, 3.05) is 6.26 Å². The van der Waals surface area contributed by atoms with Crippen LogP contribution in [0.15, 0.2) is 48.5 Å². The van der Waals surface area contributed by atoms with Crippen molar-refractivity contribution in [3.63, 3.8) is 0 Å². The fourth-order valence-electron chi connectivity index (χ4n) is 2.59. The van der Waals surface area contributed by atoms with Crippen molar-refractivity contribution in [2.45, 2.75) is 38.6 Å². The first-order chi connectivity index (χ1) is 15.6. The number of carbonyl (C=O) groups is 3. The average molecular weight is 504 g/mol. The zero-order chi connectivity index (χ0) is 25.9. The van der Waals surface area contributed by atoms with Gasteiger partial charge in [0.2, 0.25) is 5.12 Å². The summed E-state index contributed by atoms with van der Waals surface area (Å²) in [4.78, 5) is 37.7. The highest BCUT2D eigenvalue weighted by molar-refractivity contribution is 8.13. The number of thioether (sulfide) groups is 1. The summed E-state index contributed by atoms with van der Waals surface area (Å²) >= 11 is 0.970. The SMILES string of the molecule is CSC(=O)c1cccc(C(=O)NN(C(=O)c2ccc(OC(F)(F)C(F)(F)F)cc2)C(C)(C)C)c1. The van der Waals surface area contributed by atoms with Crippen molar-refractivity contribution in [1.29, 1.82) is 0 Å². The Hall–Kier alpha value is -3.15. The molecule has 0 saturated heterocycles. The number of ether oxygens (including phenoxy) is 1. The van der Waals surface area contributed by atoms with Crippen molar-refractivity contribution in [3.05, 3.63) is 65.2 Å². The van der Waals surface area contributed by atoms with Crippen LogP contribution in [0.4, 0.5) is 22.0 Å². The molecule has 0 aliphatic rings.